The van der Waals surface area contributed by atoms with Crippen LogP contribution in [0.1, 0.15) is 36.2 Å². The fourth-order valence-electron chi connectivity index (χ4n) is 4.32. The van der Waals surface area contributed by atoms with Gasteiger partial charge in [-0.3, -0.25) is 4.79 Å². The molecule has 1 heterocycles. The highest BCUT2D eigenvalue weighted by Crippen LogP contribution is 2.39. The summed E-state index contributed by atoms with van der Waals surface area (Å²) in [5.74, 6) is 2.31. The van der Waals surface area contributed by atoms with Gasteiger partial charge in [0.1, 0.15) is 17.1 Å². The first kappa shape index (κ1) is 25.3. The van der Waals surface area contributed by atoms with Crippen LogP contribution >= 0.6 is 0 Å². The first-order chi connectivity index (χ1) is 17.6. The number of fused-ring (bicyclic) bond motifs is 1. The molecule has 188 valence electrons. The maximum atomic E-state index is 13.7. The molecule has 0 N–H and O–H groups in total. The standard InChI is InChI=1S/C30H33NO5/c1-5-31(6-2)18-9-19-35-23-15-12-21(13-16-23)29(32)28-24-10-7-8-11-25(24)36-30(28)22-14-17-26(33-3)27(20-22)34-4/h7-8,10-17,20H,5-6,9,18-19H2,1-4H3. The van der Waals surface area contributed by atoms with E-state index in [4.69, 9.17) is 18.6 Å². The van der Waals surface area contributed by atoms with Crippen molar-refractivity contribution in [1.82, 2.24) is 4.90 Å². The molecule has 0 aliphatic rings. The Morgan fingerprint density at radius 1 is 0.889 bits per heavy atom. The number of ketones is 1. The predicted molar refractivity (Wildman–Crippen MR) is 143 cm³/mol. The molecule has 3 aromatic carbocycles. The third-order valence-electron chi connectivity index (χ3n) is 6.37. The average Bonchev–Trinajstić information content (AvgIpc) is 3.32. The van der Waals surface area contributed by atoms with Gasteiger partial charge in [0.15, 0.2) is 17.3 Å². The van der Waals surface area contributed by atoms with Gasteiger partial charge in [-0.15, -0.1) is 0 Å². The van der Waals surface area contributed by atoms with E-state index in [0.29, 0.717) is 40.6 Å². The zero-order chi connectivity index (χ0) is 25.5. The minimum absolute atomic E-state index is 0.113. The molecule has 36 heavy (non-hydrogen) atoms. The number of furan rings is 1. The van der Waals surface area contributed by atoms with Crippen LogP contribution in [0.4, 0.5) is 0 Å². The van der Waals surface area contributed by atoms with Crippen molar-refractivity contribution in [3.63, 3.8) is 0 Å². The molecule has 0 unspecified atom stereocenters. The molecular weight excluding hydrogens is 454 g/mol. The van der Waals surface area contributed by atoms with E-state index >= 15 is 0 Å². The van der Waals surface area contributed by atoms with Crippen LogP contribution in [-0.2, 0) is 0 Å². The van der Waals surface area contributed by atoms with Gasteiger partial charge in [-0.2, -0.15) is 0 Å². The highest BCUT2D eigenvalue weighted by molar-refractivity contribution is 6.19. The van der Waals surface area contributed by atoms with Crippen molar-refractivity contribution < 1.29 is 23.4 Å². The van der Waals surface area contributed by atoms with E-state index in [1.807, 2.05) is 66.7 Å². The maximum Gasteiger partial charge on any atom is 0.197 e. The van der Waals surface area contributed by atoms with Crippen LogP contribution in [0.2, 0.25) is 0 Å². The Hall–Kier alpha value is -3.77. The third-order valence-corrected chi connectivity index (χ3v) is 6.37. The van der Waals surface area contributed by atoms with Crippen molar-refractivity contribution in [3.05, 3.63) is 77.9 Å². The van der Waals surface area contributed by atoms with Crippen LogP contribution in [0.3, 0.4) is 0 Å². The molecule has 0 spiro atoms. The maximum absolute atomic E-state index is 13.7. The van der Waals surface area contributed by atoms with Crippen LogP contribution in [0.15, 0.2) is 71.1 Å². The number of nitrogens with zero attached hydrogens (tertiary/aromatic N) is 1. The number of carbonyl (C=O) groups excluding carboxylic acids is 1. The quantitative estimate of drug-likeness (QED) is 0.169. The highest BCUT2D eigenvalue weighted by atomic mass is 16.5. The van der Waals surface area contributed by atoms with Gasteiger partial charge in [-0.25, -0.2) is 0 Å². The molecule has 6 heteroatoms. The zero-order valence-corrected chi connectivity index (χ0v) is 21.4. The number of para-hydroxylation sites is 1. The number of rotatable bonds is 12. The Bertz CT molecular complexity index is 1300. The van der Waals surface area contributed by atoms with Gasteiger partial charge >= 0.3 is 0 Å². The minimum Gasteiger partial charge on any atom is -0.494 e. The molecule has 0 saturated heterocycles. The van der Waals surface area contributed by atoms with E-state index in [0.717, 1.165) is 42.8 Å². The summed E-state index contributed by atoms with van der Waals surface area (Å²) in [5, 5.41) is 0.768. The van der Waals surface area contributed by atoms with Crippen molar-refractivity contribution in [2.45, 2.75) is 20.3 Å². The van der Waals surface area contributed by atoms with E-state index in [9.17, 15) is 4.79 Å². The number of ether oxygens (including phenoxy) is 3. The molecule has 4 rings (SSSR count). The van der Waals surface area contributed by atoms with Crippen LogP contribution in [0.5, 0.6) is 17.2 Å². The summed E-state index contributed by atoms with van der Waals surface area (Å²) in [7, 11) is 3.17. The molecule has 1 aromatic heterocycles. The molecule has 0 fully saturated rings. The predicted octanol–water partition coefficient (Wildman–Crippen LogP) is 6.46. The van der Waals surface area contributed by atoms with Gasteiger partial charge < -0.3 is 23.5 Å². The lowest BCUT2D eigenvalue weighted by Crippen LogP contribution is -2.25. The molecule has 0 atom stereocenters. The molecule has 6 nitrogen and oxygen atoms in total. The summed E-state index contributed by atoms with van der Waals surface area (Å²) in [6.07, 6.45) is 0.956. The van der Waals surface area contributed by atoms with Gasteiger partial charge in [0.05, 0.1) is 26.4 Å². The Morgan fingerprint density at radius 3 is 2.31 bits per heavy atom. The van der Waals surface area contributed by atoms with Crippen molar-refractivity contribution in [2.75, 3.05) is 40.5 Å². The third kappa shape index (κ3) is 5.39. The Morgan fingerprint density at radius 2 is 1.61 bits per heavy atom. The minimum atomic E-state index is -0.113. The van der Waals surface area contributed by atoms with Gasteiger partial charge in [0, 0.05) is 23.1 Å². The molecule has 0 aliphatic heterocycles. The molecular formula is C30H33NO5. The largest absolute Gasteiger partial charge is 0.494 e. The number of carbonyl (C=O) groups is 1. The molecule has 0 amide bonds. The van der Waals surface area contributed by atoms with E-state index in [2.05, 4.69) is 18.7 Å². The van der Waals surface area contributed by atoms with Crippen molar-refractivity contribution >= 4 is 16.8 Å². The first-order valence-electron chi connectivity index (χ1n) is 12.3. The fraction of sp³-hybridized carbons (Fsp3) is 0.300. The van der Waals surface area contributed by atoms with Gasteiger partial charge in [0.25, 0.3) is 0 Å². The SMILES string of the molecule is CCN(CC)CCCOc1ccc(C(=O)c2c(-c3ccc(OC)c(OC)c3)oc3ccccc23)cc1. The Balaban J connectivity index is 1.60. The van der Waals surface area contributed by atoms with Crippen LogP contribution < -0.4 is 14.2 Å². The summed E-state index contributed by atoms with van der Waals surface area (Å²) in [4.78, 5) is 16.1. The summed E-state index contributed by atoms with van der Waals surface area (Å²) < 4.78 is 22.9. The molecule has 0 saturated carbocycles. The lowest BCUT2D eigenvalue weighted by molar-refractivity contribution is 0.104. The summed E-state index contributed by atoms with van der Waals surface area (Å²) in [5.41, 5.74) is 2.48. The lowest BCUT2D eigenvalue weighted by Gasteiger charge is -2.17. The van der Waals surface area contributed by atoms with Crippen LogP contribution in [0, 0.1) is 0 Å². The normalized spacial score (nSPS) is 11.1. The summed E-state index contributed by atoms with van der Waals surface area (Å²) >= 11 is 0. The van der Waals surface area contributed by atoms with Gasteiger partial charge in [-0.1, -0.05) is 32.0 Å². The molecule has 4 aromatic rings. The van der Waals surface area contributed by atoms with Crippen LogP contribution in [0.25, 0.3) is 22.3 Å². The smallest absolute Gasteiger partial charge is 0.197 e. The highest BCUT2D eigenvalue weighted by Gasteiger charge is 2.24. The number of hydrogen-bond acceptors (Lipinski definition) is 6. The molecule has 0 aliphatic carbocycles. The molecule has 0 bridgehead atoms. The summed E-state index contributed by atoms with van der Waals surface area (Å²) in [6, 6.07) is 20.4. The fourth-order valence-corrected chi connectivity index (χ4v) is 4.32. The zero-order valence-electron chi connectivity index (χ0n) is 21.4. The topological polar surface area (TPSA) is 61.1 Å². The lowest BCUT2D eigenvalue weighted by atomic mass is 9.97. The van der Waals surface area contributed by atoms with Crippen molar-refractivity contribution in [2.24, 2.45) is 0 Å². The number of benzene rings is 3. The number of methoxy groups -OCH3 is 2. The average molecular weight is 488 g/mol. The second-order valence-electron chi connectivity index (χ2n) is 8.45. The Labute approximate surface area is 212 Å². The van der Waals surface area contributed by atoms with Gasteiger partial charge in [-0.05, 0) is 68.0 Å². The summed E-state index contributed by atoms with van der Waals surface area (Å²) in [6.45, 7) is 8.07. The number of hydrogen-bond donors (Lipinski definition) is 0. The second-order valence-corrected chi connectivity index (χ2v) is 8.45. The van der Waals surface area contributed by atoms with Crippen molar-refractivity contribution in [1.29, 1.82) is 0 Å². The second kappa shape index (κ2) is 11.8. The van der Waals surface area contributed by atoms with E-state index in [-0.39, 0.29) is 5.78 Å². The van der Waals surface area contributed by atoms with Crippen LogP contribution in [-0.4, -0.2) is 51.1 Å². The van der Waals surface area contributed by atoms with E-state index < -0.39 is 0 Å². The molecule has 0 radical (unpaired) electrons. The Kier molecular flexibility index (Phi) is 8.28. The first-order valence-corrected chi connectivity index (χ1v) is 12.3. The van der Waals surface area contributed by atoms with Gasteiger partial charge in [0.2, 0.25) is 0 Å². The van der Waals surface area contributed by atoms with E-state index in [1.54, 1.807) is 14.2 Å². The van der Waals surface area contributed by atoms with Crippen molar-refractivity contribution in [3.8, 4) is 28.6 Å². The monoisotopic (exact) mass is 487 g/mol. The van der Waals surface area contributed by atoms with E-state index in [1.165, 1.54) is 0 Å².